The summed E-state index contributed by atoms with van der Waals surface area (Å²) >= 11 is 0. The van der Waals surface area contributed by atoms with Gasteiger partial charge < -0.3 is 11.5 Å². The summed E-state index contributed by atoms with van der Waals surface area (Å²) < 4.78 is 0. The first kappa shape index (κ1) is 15.7. The first-order valence-electron chi connectivity index (χ1n) is 2.30. The van der Waals surface area contributed by atoms with Crippen molar-refractivity contribution in [2.24, 2.45) is 11.5 Å². The predicted molar refractivity (Wildman–Crippen MR) is 40.4 cm³/mol. The maximum atomic E-state index is 4.61. The van der Waals surface area contributed by atoms with Crippen LogP contribution in [0.25, 0.3) is 0 Å². The molecule has 0 saturated heterocycles. The summed E-state index contributed by atoms with van der Waals surface area (Å²) in [5.74, 6) is 0. The Morgan fingerprint density at radius 3 is 1.25 bits per heavy atom. The van der Waals surface area contributed by atoms with Crippen LogP contribution >= 0.6 is 0 Å². The van der Waals surface area contributed by atoms with E-state index in [1.54, 1.807) is 6.08 Å². The molecular formula is C6H16N2. The van der Waals surface area contributed by atoms with Crippen LogP contribution in [0.2, 0.25) is 0 Å². The van der Waals surface area contributed by atoms with Crippen LogP contribution < -0.4 is 11.5 Å². The van der Waals surface area contributed by atoms with Crippen LogP contribution in [0.1, 0.15) is 6.92 Å². The summed E-state index contributed by atoms with van der Waals surface area (Å²) in [6.07, 6.45) is 3.00. The number of rotatable bonds is 0. The highest BCUT2D eigenvalue weighted by Gasteiger charge is 1.15. The molecule has 0 aliphatic carbocycles. The van der Waals surface area contributed by atoms with Crippen molar-refractivity contribution in [3.63, 3.8) is 0 Å². The normalized spacial score (nSPS) is 3.88. The SMILES string of the molecule is C=CC.C=CN.CN. The fraction of sp³-hybridized carbons (Fsp3) is 0.333. The van der Waals surface area contributed by atoms with E-state index in [1.165, 1.54) is 13.2 Å². The van der Waals surface area contributed by atoms with Gasteiger partial charge in [0.05, 0.1) is 0 Å². The van der Waals surface area contributed by atoms with Crippen molar-refractivity contribution in [2.75, 3.05) is 7.05 Å². The third-order valence-electron chi connectivity index (χ3n) is 0. The van der Waals surface area contributed by atoms with Gasteiger partial charge in [-0.25, -0.2) is 0 Å². The highest BCUT2D eigenvalue weighted by atomic mass is 14.5. The summed E-state index contributed by atoms with van der Waals surface area (Å²) in [5.41, 5.74) is 9.11. The monoisotopic (exact) mass is 116 g/mol. The predicted octanol–water partition coefficient (Wildman–Crippen LogP) is 0.856. The fourth-order valence-corrected chi connectivity index (χ4v) is 0. The zero-order valence-electron chi connectivity index (χ0n) is 5.72. The highest BCUT2D eigenvalue weighted by Crippen LogP contribution is 1.38. The minimum Gasteiger partial charge on any atom is -0.405 e. The molecule has 0 saturated carbocycles. The van der Waals surface area contributed by atoms with Gasteiger partial charge in [-0.2, -0.15) is 0 Å². The molecule has 0 radical (unpaired) electrons. The third kappa shape index (κ3) is 163. The third-order valence-corrected chi connectivity index (χ3v) is 0. The first-order chi connectivity index (χ1) is 3.83. The van der Waals surface area contributed by atoms with Crippen LogP contribution in [0.3, 0.4) is 0 Å². The lowest BCUT2D eigenvalue weighted by Crippen LogP contribution is -1.69. The average molecular weight is 116 g/mol. The summed E-state index contributed by atoms with van der Waals surface area (Å²) in [5, 5.41) is 0. The average Bonchev–Trinajstić information content (AvgIpc) is 1.75. The van der Waals surface area contributed by atoms with Gasteiger partial charge in [0.15, 0.2) is 0 Å². The van der Waals surface area contributed by atoms with Gasteiger partial charge in [-0.1, -0.05) is 12.7 Å². The van der Waals surface area contributed by atoms with Crippen LogP contribution in [-0.4, -0.2) is 7.05 Å². The molecule has 2 nitrogen and oxygen atoms in total. The van der Waals surface area contributed by atoms with Gasteiger partial charge in [-0.15, -0.1) is 6.58 Å². The molecule has 0 aromatic carbocycles. The van der Waals surface area contributed by atoms with Crippen molar-refractivity contribution in [3.8, 4) is 0 Å². The molecule has 0 aromatic rings. The Kier molecular flexibility index (Phi) is 218. The maximum absolute atomic E-state index is 4.61. The maximum Gasteiger partial charge on any atom is -0.0136 e. The quantitative estimate of drug-likeness (QED) is 0.461. The van der Waals surface area contributed by atoms with Crippen molar-refractivity contribution in [1.82, 2.24) is 0 Å². The number of hydrogen-bond donors (Lipinski definition) is 2. The summed E-state index contributed by atoms with van der Waals surface area (Å²) in [6.45, 7) is 8.39. The van der Waals surface area contributed by atoms with Crippen molar-refractivity contribution in [3.05, 3.63) is 25.4 Å². The largest absolute Gasteiger partial charge is 0.405 e. The van der Waals surface area contributed by atoms with Gasteiger partial charge in [0, 0.05) is 0 Å². The lowest BCUT2D eigenvalue weighted by Gasteiger charge is -1.40. The highest BCUT2D eigenvalue weighted by molar-refractivity contribution is 4.51. The minimum absolute atomic E-state index is 1.25. The second-order valence-electron chi connectivity index (χ2n) is 0.644. The molecule has 4 N–H and O–H groups in total. The van der Waals surface area contributed by atoms with Crippen molar-refractivity contribution >= 4 is 0 Å². The Bertz CT molecular complexity index is 27.5. The van der Waals surface area contributed by atoms with Gasteiger partial charge in [-0.3, -0.25) is 0 Å². The van der Waals surface area contributed by atoms with Gasteiger partial charge in [0.2, 0.25) is 0 Å². The zero-order chi connectivity index (χ0) is 7.41. The smallest absolute Gasteiger partial charge is 0.0136 e. The second-order valence-corrected chi connectivity index (χ2v) is 0.644. The van der Waals surface area contributed by atoms with Crippen LogP contribution in [-0.2, 0) is 0 Å². The Labute approximate surface area is 51.9 Å². The molecule has 0 amide bonds. The number of nitrogens with two attached hydrogens (primary N) is 2. The van der Waals surface area contributed by atoms with Crippen molar-refractivity contribution < 1.29 is 0 Å². The van der Waals surface area contributed by atoms with E-state index >= 15 is 0 Å². The molecular weight excluding hydrogens is 100 g/mol. The van der Waals surface area contributed by atoms with Crippen LogP contribution in [0.15, 0.2) is 25.4 Å². The summed E-state index contributed by atoms with van der Waals surface area (Å²) in [7, 11) is 1.50. The fourth-order valence-electron chi connectivity index (χ4n) is 0. The Balaban J connectivity index is -0.0000000483. The van der Waals surface area contributed by atoms with Crippen molar-refractivity contribution in [2.45, 2.75) is 6.92 Å². The molecule has 0 fully saturated rings. The van der Waals surface area contributed by atoms with Crippen molar-refractivity contribution in [1.29, 1.82) is 0 Å². The molecule has 0 heterocycles. The van der Waals surface area contributed by atoms with Crippen LogP contribution in [0.5, 0.6) is 0 Å². The summed E-state index contributed by atoms with van der Waals surface area (Å²) in [6, 6.07) is 0. The molecule has 0 spiro atoms. The molecule has 0 aliphatic heterocycles. The molecule has 2 heteroatoms. The lowest BCUT2D eigenvalue weighted by molar-refractivity contribution is 1.48. The molecule has 0 bridgehead atoms. The van der Waals surface area contributed by atoms with E-state index in [-0.39, 0.29) is 0 Å². The van der Waals surface area contributed by atoms with E-state index in [1.807, 2.05) is 6.92 Å². The second kappa shape index (κ2) is 111. The molecule has 50 valence electrons. The van der Waals surface area contributed by atoms with E-state index < -0.39 is 0 Å². The van der Waals surface area contributed by atoms with E-state index in [0.29, 0.717) is 0 Å². The number of hydrogen-bond acceptors (Lipinski definition) is 2. The molecule has 0 rings (SSSR count). The lowest BCUT2D eigenvalue weighted by atomic mass is 10.8. The molecule has 0 aromatic heterocycles. The standard InChI is InChI=1S/C3H6.C2H5N.CH5N/c1-3-2;1-2-3;1-2/h3H,1H2,2H3;2H,1,3H2;2H2,1H3. The first-order valence-corrected chi connectivity index (χ1v) is 2.30. The van der Waals surface area contributed by atoms with E-state index in [4.69, 9.17) is 0 Å². The molecule has 8 heavy (non-hydrogen) atoms. The van der Waals surface area contributed by atoms with Gasteiger partial charge in [0.1, 0.15) is 0 Å². The van der Waals surface area contributed by atoms with E-state index in [2.05, 4.69) is 24.6 Å². The zero-order valence-corrected chi connectivity index (χ0v) is 5.72. The van der Waals surface area contributed by atoms with Gasteiger partial charge in [0.25, 0.3) is 0 Å². The van der Waals surface area contributed by atoms with E-state index in [0.717, 1.165) is 0 Å². The Morgan fingerprint density at radius 2 is 1.25 bits per heavy atom. The van der Waals surface area contributed by atoms with E-state index in [9.17, 15) is 0 Å². The Hall–Kier alpha value is -0.760. The van der Waals surface area contributed by atoms with Gasteiger partial charge in [-0.05, 0) is 20.2 Å². The Morgan fingerprint density at radius 1 is 1.25 bits per heavy atom. The topological polar surface area (TPSA) is 52.0 Å². The van der Waals surface area contributed by atoms with Crippen LogP contribution in [0, 0.1) is 0 Å². The van der Waals surface area contributed by atoms with Crippen LogP contribution in [0.4, 0.5) is 0 Å². The number of allylic oxidation sites excluding steroid dienone is 1. The molecule has 0 atom stereocenters. The van der Waals surface area contributed by atoms with Gasteiger partial charge >= 0.3 is 0 Å². The molecule has 0 unspecified atom stereocenters. The summed E-state index contributed by atoms with van der Waals surface area (Å²) in [4.78, 5) is 0. The molecule has 0 aliphatic rings. The minimum atomic E-state index is 1.25.